The van der Waals surface area contributed by atoms with E-state index in [1.165, 1.54) is 12.1 Å². The number of ether oxygens (including phenoxy) is 1. The summed E-state index contributed by atoms with van der Waals surface area (Å²) in [4.78, 5) is 22.2. The predicted octanol–water partition coefficient (Wildman–Crippen LogP) is 1.90. The molecule has 5 heteroatoms. The molecule has 0 saturated heterocycles. The molecule has 1 aromatic carbocycles. The van der Waals surface area contributed by atoms with E-state index in [4.69, 9.17) is 9.84 Å². The molecule has 1 aromatic rings. The lowest BCUT2D eigenvalue weighted by molar-refractivity contribution is -0.147. The van der Waals surface area contributed by atoms with Gasteiger partial charge in [-0.1, -0.05) is 31.5 Å². The summed E-state index contributed by atoms with van der Waals surface area (Å²) >= 11 is 0. The number of aliphatic hydroxyl groups excluding tert-OH is 1. The molecule has 2 N–H and O–H groups in total. The molecule has 0 fully saturated rings. The van der Waals surface area contributed by atoms with Gasteiger partial charge in [-0.2, -0.15) is 0 Å². The van der Waals surface area contributed by atoms with E-state index < -0.39 is 18.0 Å². The average Bonchev–Trinajstić information content (AvgIpc) is 2.36. The number of aliphatic hydroxyl groups is 1. The smallest absolute Gasteiger partial charge is 0.337 e. The zero-order chi connectivity index (χ0) is 13.5. The lowest BCUT2D eigenvalue weighted by Gasteiger charge is -2.12. The molecule has 0 aliphatic heterocycles. The van der Waals surface area contributed by atoms with E-state index in [9.17, 15) is 14.7 Å². The Hall–Kier alpha value is -1.88. The highest BCUT2D eigenvalue weighted by Crippen LogP contribution is 2.25. The highest BCUT2D eigenvalue weighted by Gasteiger charge is 2.21. The van der Waals surface area contributed by atoms with E-state index in [1.807, 2.05) is 6.92 Å². The van der Waals surface area contributed by atoms with Gasteiger partial charge in [-0.3, -0.25) is 4.79 Å². The lowest BCUT2D eigenvalue weighted by Crippen LogP contribution is -2.14. The number of carbonyl (C=O) groups is 2. The Balaban J connectivity index is 2.82. The van der Waals surface area contributed by atoms with Crippen LogP contribution in [-0.2, 0) is 9.59 Å². The second-order valence-corrected chi connectivity index (χ2v) is 3.86. The molecule has 0 heterocycles. The summed E-state index contributed by atoms with van der Waals surface area (Å²) in [5.41, 5.74) is 0.0786. The first-order valence-electron chi connectivity index (χ1n) is 5.76. The molecule has 0 saturated carbocycles. The third-order valence-electron chi connectivity index (χ3n) is 2.41. The van der Waals surface area contributed by atoms with E-state index in [2.05, 4.69) is 0 Å². The highest BCUT2D eigenvalue weighted by atomic mass is 16.5. The zero-order valence-electron chi connectivity index (χ0n) is 10.1. The fourth-order valence-electron chi connectivity index (χ4n) is 1.43. The number of para-hydroxylation sites is 1. The van der Waals surface area contributed by atoms with E-state index in [-0.39, 0.29) is 17.7 Å². The van der Waals surface area contributed by atoms with Crippen LogP contribution in [0.25, 0.3) is 0 Å². The number of benzene rings is 1. The Morgan fingerprint density at radius 1 is 1.33 bits per heavy atom. The van der Waals surface area contributed by atoms with Crippen molar-refractivity contribution in [2.24, 2.45) is 0 Å². The maximum atomic E-state index is 11.5. The predicted molar refractivity (Wildman–Crippen MR) is 64.2 cm³/mol. The number of carbonyl (C=O) groups excluding carboxylic acids is 1. The van der Waals surface area contributed by atoms with Crippen LogP contribution < -0.4 is 4.74 Å². The molecule has 1 atom stereocenters. The molecular formula is C13H16O5. The first-order chi connectivity index (χ1) is 8.56. The minimum absolute atomic E-state index is 0.0786. The van der Waals surface area contributed by atoms with Crippen molar-refractivity contribution in [1.29, 1.82) is 0 Å². The molecular weight excluding hydrogens is 236 g/mol. The minimum Gasteiger partial charge on any atom is -0.479 e. The molecule has 0 radical (unpaired) electrons. The van der Waals surface area contributed by atoms with E-state index >= 15 is 0 Å². The first kappa shape index (κ1) is 14.2. The average molecular weight is 252 g/mol. The minimum atomic E-state index is -1.69. The first-order valence-corrected chi connectivity index (χ1v) is 5.76. The summed E-state index contributed by atoms with van der Waals surface area (Å²) in [6.45, 7) is 1.95. The number of aliphatic carboxylic acids is 1. The van der Waals surface area contributed by atoms with Gasteiger partial charge < -0.3 is 14.9 Å². The maximum absolute atomic E-state index is 11.5. The van der Waals surface area contributed by atoms with Crippen LogP contribution in [0.1, 0.15) is 37.9 Å². The fourth-order valence-corrected chi connectivity index (χ4v) is 1.43. The number of esters is 1. The van der Waals surface area contributed by atoms with Gasteiger partial charge in [-0.25, -0.2) is 4.79 Å². The molecule has 0 amide bonds. The molecule has 0 aromatic heterocycles. The van der Waals surface area contributed by atoms with Crippen LogP contribution in [0.15, 0.2) is 24.3 Å². The van der Waals surface area contributed by atoms with Crippen LogP contribution in [-0.4, -0.2) is 22.2 Å². The van der Waals surface area contributed by atoms with Crippen molar-refractivity contribution in [3.8, 4) is 5.75 Å². The van der Waals surface area contributed by atoms with Crippen LogP contribution in [0.4, 0.5) is 0 Å². The zero-order valence-corrected chi connectivity index (χ0v) is 10.1. The number of carboxylic acid groups (broad SMARTS) is 1. The number of unbranched alkanes of at least 4 members (excludes halogenated alkanes) is 1. The van der Waals surface area contributed by atoms with Gasteiger partial charge in [0.2, 0.25) is 0 Å². The Labute approximate surface area is 105 Å². The summed E-state index contributed by atoms with van der Waals surface area (Å²) in [6.07, 6.45) is 0.158. The lowest BCUT2D eigenvalue weighted by atomic mass is 10.1. The molecule has 98 valence electrons. The topological polar surface area (TPSA) is 83.8 Å². The molecule has 0 aliphatic rings. The van der Waals surface area contributed by atoms with E-state index in [0.717, 1.165) is 6.42 Å². The van der Waals surface area contributed by atoms with Crippen LogP contribution in [0.5, 0.6) is 5.75 Å². The second-order valence-electron chi connectivity index (χ2n) is 3.86. The summed E-state index contributed by atoms with van der Waals surface area (Å²) in [6, 6.07) is 6.07. The van der Waals surface area contributed by atoms with Gasteiger partial charge in [0, 0.05) is 12.0 Å². The largest absolute Gasteiger partial charge is 0.479 e. The van der Waals surface area contributed by atoms with Gasteiger partial charge in [0.1, 0.15) is 5.75 Å². The number of rotatable bonds is 6. The van der Waals surface area contributed by atoms with Crippen molar-refractivity contribution in [3.63, 3.8) is 0 Å². The summed E-state index contributed by atoms with van der Waals surface area (Å²) in [5.74, 6) is -1.72. The number of hydrogen-bond donors (Lipinski definition) is 2. The van der Waals surface area contributed by atoms with Crippen molar-refractivity contribution in [1.82, 2.24) is 0 Å². The van der Waals surface area contributed by atoms with Crippen molar-refractivity contribution in [3.05, 3.63) is 29.8 Å². The molecule has 0 bridgehead atoms. The molecule has 18 heavy (non-hydrogen) atoms. The van der Waals surface area contributed by atoms with Gasteiger partial charge in [-0.15, -0.1) is 0 Å². The Bertz CT molecular complexity index is 427. The van der Waals surface area contributed by atoms with E-state index in [1.54, 1.807) is 12.1 Å². The van der Waals surface area contributed by atoms with Crippen LogP contribution in [0.3, 0.4) is 0 Å². The van der Waals surface area contributed by atoms with Crippen LogP contribution in [0, 0.1) is 0 Å². The van der Waals surface area contributed by atoms with Crippen molar-refractivity contribution >= 4 is 11.9 Å². The number of carboxylic acids is 1. The Morgan fingerprint density at radius 2 is 2.00 bits per heavy atom. The highest BCUT2D eigenvalue weighted by molar-refractivity contribution is 5.77. The Kier molecular flexibility index (Phi) is 5.32. The quantitative estimate of drug-likeness (QED) is 0.596. The van der Waals surface area contributed by atoms with Crippen molar-refractivity contribution in [2.75, 3.05) is 0 Å². The monoisotopic (exact) mass is 252 g/mol. The second kappa shape index (κ2) is 6.76. The third-order valence-corrected chi connectivity index (χ3v) is 2.41. The fraction of sp³-hybridized carbons (Fsp3) is 0.385. The van der Waals surface area contributed by atoms with Crippen molar-refractivity contribution < 1.29 is 24.5 Å². The van der Waals surface area contributed by atoms with Crippen molar-refractivity contribution in [2.45, 2.75) is 32.3 Å². The standard InChI is InChI=1S/C13H16O5/c1-2-3-8-11(14)18-10-7-5-4-6-9(10)12(15)13(16)17/h4-7,12,15H,2-3,8H2,1H3,(H,16,17). The maximum Gasteiger partial charge on any atom is 0.337 e. The van der Waals surface area contributed by atoms with Gasteiger partial charge in [0.15, 0.2) is 6.10 Å². The van der Waals surface area contributed by atoms with Gasteiger partial charge in [0.05, 0.1) is 0 Å². The molecule has 0 spiro atoms. The summed E-state index contributed by atoms with van der Waals surface area (Å²) in [7, 11) is 0. The van der Waals surface area contributed by atoms with Crippen LogP contribution in [0.2, 0.25) is 0 Å². The Morgan fingerprint density at radius 3 is 2.61 bits per heavy atom. The molecule has 5 nitrogen and oxygen atoms in total. The summed E-state index contributed by atoms with van der Waals surface area (Å²) in [5, 5.41) is 18.2. The van der Waals surface area contributed by atoms with Gasteiger partial charge in [-0.05, 0) is 12.5 Å². The van der Waals surface area contributed by atoms with Gasteiger partial charge in [0.25, 0.3) is 0 Å². The van der Waals surface area contributed by atoms with Gasteiger partial charge >= 0.3 is 11.9 Å². The van der Waals surface area contributed by atoms with E-state index in [0.29, 0.717) is 6.42 Å². The molecule has 1 rings (SSSR count). The number of hydrogen-bond acceptors (Lipinski definition) is 4. The van der Waals surface area contributed by atoms with Crippen LogP contribution >= 0.6 is 0 Å². The molecule has 0 aliphatic carbocycles. The summed E-state index contributed by atoms with van der Waals surface area (Å²) < 4.78 is 5.06. The molecule has 1 unspecified atom stereocenters. The SMILES string of the molecule is CCCCC(=O)Oc1ccccc1C(O)C(=O)O. The third kappa shape index (κ3) is 3.85. The normalized spacial score (nSPS) is 11.9.